The van der Waals surface area contributed by atoms with Gasteiger partial charge in [0, 0.05) is 12.8 Å². The Morgan fingerprint density at radius 1 is 1.16 bits per heavy atom. The summed E-state index contributed by atoms with van der Waals surface area (Å²) in [5, 5.41) is 23.8. The minimum absolute atomic E-state index is 0.124. The summed E-state index contributed by atoms with van der Waals surface area (Å²) in [5.41, 5.74) is 2.06. The highest BCUT2D eigenvalue weighted by atomic mass is 16.5. The molecule has 0 aliphatic carbocycles. The molecular weight excluding hydrogens is 322 g/mol. The molecule has 0 aliphatic rings. The highest BCUT2D eigenvalue weighted by Crippen LogP contribution is 2.26. The first-order valence-corrected chi connectivity index (χ1v) is 7.57. The summed E-state index contributed by atoms with van der Waals surface area (Å²) in [4.78, 5) is 12.3. The first kappa shape index (κ1) is 18.1. The number of ether oxygens (including phenoxy) is 2. The van der Waals surface area contributed by atoms with Crippen LogP contribution in [0.3, 0.4) is 0 Å². The molecule has 2 rings (SSSR count). The Morgan fingerprint density at radius 2 is 1.92 bits per heavy atom. The van der Waals surface area contributed by atoms with E-state index in [9.17, 15) is 9.90 Å². The molecule has 0 saturated carbocycles. The Hall–Kier alpha value is -3.24. The van der Waals surface area contributed by atoms with Crippen LogP contribution in [-0.4, -0.2) is 31.5 Å². The lowest BCUT2D eigenvalue weighted by Gasteiger charge is -2.14. The Balaban J connectivity index is 2.13. The lowest BCUT2D eigenvalue weighted by molar-refractivity contribution is 0.146. The smallest absolute Gasteiger partial charge is 0.323 e. The standard InChI is InChI=1S/C18H19N3O4/c1-12-9-14(22)4-5-15(12)20-18(23)21-16-10-13(11-19)3-6-17(16)25-8-7-24-2/h3-6,9-10,22H,7-8H2,1-2H3,(H2,20,21,23). The second-order valence-corrected chi connectivity index (χ2v) is 5.24. The molecule has 3 N–H and O–H groups in total. The quantitative estimate of drug-likeness (QED) is 0.553. The lowest BCUT2D eigenvalue weighted by Crippen LogP contribution is -2.20. The van der Waals surface area contributed by atoms with Crippen molar-refractivity contribution >= 4 is 17.4 Å². The number of carbonyl (C=O) groups is 1. The zero-order valence-electron chi connectivity index (χ0n) is 14.0. The molecule has 2 aromatic rings. The maximum absolute atomic E-state index is 12.3. The van der Waals surface area contributed by atoms with E-state index in [0.29, 0.717) is 35.9 Å². The van der Waals surface area contributed by atoms with E-state index >= 15 is 0 Å². The van der Waals surface area contributed by atoms with Gasteiger partial charge < -0.3 is 25.2 Å². The number of benzene rings is 2. The number of aromatic hydroxyl groups is 1. The van der Waals surface area contributed by atoms with Crippen molar-refractivity contribution < 1.29 is 19.4 Å². The van der Waals surface area contributed by atoms with Gasteiger partial charge in [-0.2, -0.15) is 5.26 Å². The van der Waals surface area contributed by atoms with Crippen LogP contribution in [0, 0.1) is 18.3 Å². The second-order valence-electron chi connectivity index (χ2n) is 5.24. The number of nitriles is 1. The topological polar surface area (TPSA) is 104 Å². The predicted molar refractivity (Wildman–Crippen MR) is 94.0 cm³/mol. The zero-order valence-corrected chi connectivity index (χ0v) is 14.0. The molecule has 0 bridgehead atoms. The van der Waals surface area contributed by atoms with Gasteiger partial charge in [0.2, 0.25) is 0 Å². The van der Waals surface area contributed by atoms with E-state index in [-0.39, 0.29) is 5.75 Å². The van der Waals surface area contributed by atoms with Gasteiger partial charge in [0.05, 0.1) is 23.9 Å². The van der Waals surface area contributed by atoms with Crippen molar-refractivity contribution in [1.82, 2.24) is 0 Å². The largest absolute Gasteiger partial charge is 0.508 e. The van der Waals surface area contributed by atoms with Crippen LogP contribution < -0.4 is 15.4 Å². The maximum atomic E-state index is 12.3. The summed E-state index contributed by atoms with van der Waals surface area (Å²) in [5.74, 6) is 0.563. The van der Waals surface area contributed by atoms with Gasteiger partial charge in [0.25, 0.3) is 0 Å². The third-order valence-electron chi connectivity index (χ3n) is 3.36. The van der Waals surface area contributed by atoms with Gasteiger partial charge in [0.1, 0.15) is 18.1 Å². The summed E-state index contributed by atoms with van der Waals surface area (Å²) in [6.07, 6.45) is 0. The molecule has 0 aromatic heterocycles. The fourth-order valence-corrected chi connectivity index (χ4v) is 2.12. The fourth-order valence-electron chi connectivity index (χ4n) is 2.12. The molecule has 0 atom stereocenters. The predicted octanol–water partition coefficient (Wildman–Crippen LogP) is 3.24. The third-order valence-corrected chi connectivity index (χ3v) is 3.36. The lowest BCUT2D eigenvalue weighted by atomic mass is 10.2. The monoisotopic (exact) mass is 341 g/mol. The molecule has 130 valence electrons. The van der Waals surface area contributed by atoms with Crippen LogP contribution in [0.4, 0.5) is 16.2 Å². The molecule has 0 spiro atoms. The second kappa shape index (κ2) is 8.57. The van der Waals surface area contributed by atoms with Gasteiger partial charge in [0.15, 0.2) is 0 Å². The van der Waals surface area contributed by atoms with Crippen molar-refractivity contribution in [2.75, 3.05) is 31.0 Å². The minimum Gasteiger partial charge on any atom is -0.508 e. The Labute approximate surface area is 145 Å². The number of hydrogen-bond donors (Lipinski definition) is 3. The summed E-state index contributed by atoms with van der Waals surface area (Å²) in [7, 11) is 1.56. The van der Waals surface area contributed by atoms with Crippen LogP contribution in [0.25, 0.3) is 0 Å². The summed E-state index contributed by atoms with van der Waals surface area (Å²) < 4.78 is 10.5. The van der Waals surface area contributed by atoms with E-state index in [1.165, 1.54) is 12.1 Å². The minimum atomic E-state index is -0.486. The molecule has 0 radical (unpaired) electrons. The van der Waals surface area contributed by atoms with Crippen LogP contribution >= 0.6 is 0 Å². The van der Waals surface area contributed by atoms with Crippen LogP contribution in [0.15, 0.2) is 36.4 Å². The van der Waals surface area contributed by atoms with Crippen molar-refractivity contribution in [3.05, 3.63) is 47.5 Å². The highest BCUT2D eigenvalue weighted by molar-refractivity contribution is 6.01. The first-order chi connectivity index (χ1) is 12.0. The van der Waals surface area contributed by atoms with Crippen molar-refractivity contribution in [1.29, 1.82) is 5.26 Å². The molecule has 0 heterocycles. The molecule has 2 amide bonds. The van der Waals surface area contributed by atoms with Gasteiger partial charge in [-0.05, 0) is 48.9 Å². The maximum Gasteiger partial charge on any atom is 0.323 e. The first-order valence-electron chi connectivity index (χ1n) is 7.57. The number of phenolic OH excluding ortho intramolecular Hbond substituents is 1. The Morgan fingerprint density at radius 3 is 2.60 bits per heavy atom. The van der Waals surface area contributed by atoms with E-state index in [2.05, 4.69) is 10.6 Å². The summed E-state index contributed by atoms with van der Waals surface area (Å²) in [6.45, 7) is 2.49. The van der Waals surface area contributed by atoms with Crippen molar-refractivity contribution in [3.8, 4) is 17.6 Å². The molecule has 7 nitrogen and oxygen atoms in total. The van der Waals surface area contributed by atoms with E-state index in [1.54, 1.807) is 38.3 Å². The van der Waals surface area contributed by atoms with E-state index in [0.717, 1.165) is 5.56 Å². The Kier molecular flexibility index (Phi) is 6.20. The van der Waals surface area contributed by atoms with Crippen LogP contribution in [0.5, 0.6) is 11.5 Å². The molecule has 25 heavy (non-hydrogen) atoms. The Bertz CT molecular complexity index is 799. The molecule has 0 saturated heterocycles. The van der Waals surface area contributed by atoms with Gasteiger partial charge in [-0.1, -0.05) is 0 Å². The van der Waals surface area contributed by atoms with E-state index < -0.39 is 6.03 Å². The average molecular weight is 341 g/mol. The third kappa shape index (κ3) is 5.12. The number of rotatable bonds is 6. The van der Waals surface area contributed by atoms with Crippen LogP contribution in [0.2, 0.25) is 0 Å². The number of methoxy groups -OCH3 is 1. The molecule has 0 unspecified atom stereocenters. The van der Waals surface area contributed by atoms with Gasteiger partial charge in [-0.15, -0.1) is 0 Å². The average Bonchev–Trinajstić information content (AvgIpc) is 2.59. The fraction of sp³-hybridized carbons (Fsp3) is 0.222. The number of amides is 2. The number of anilines is 2. The summed E-state index contributed by atoms with van der Waals surface area (Å²) >= 11 is 0. The number of phenols is 1. The molecule has 7 heteroatoms. The SMILES string of the molecule is COCCOc1ccc(C#N)cc1NC(=O)Nc1ccc(O)cc1C. The van der Waals surface area contributed by atoms with Gasteiger partial charge in [-0.3, -0.25) is 0 Å². The van der Waals surface area contributed by atoms with Crippen molar-refractivity contribution in [2.45, 2.75) is 6.92 Å². The summed E-state index contributed by atoms with van der Waals surface area (Å²) in [6, 6.07) is 10.9. The van der Waals surface area contributed by atoms with Gasteiger partial charge in [-0.25, -0.2) is 4.79 Å². The van der Waals surface area contributed by atoms with E-state index in [1.807, 2.05) is 6.07 Å². The normalized spacial score (nSPS) is 9.96. The van der Waals surface area contributed by atoms with Crippen molar-refractivity contribution in [3.63, 3.8) is 0 Å². The van der Waals surface area contributed by atoms with Gasteiger partial charge >= 0.3 is 6.03 Å². The number of carbonyl (C=O) groups excluding carboxylic acids is 1. The zero-order chi connectivity index (χ0) is 18.2. The number of aryl methyl sites for hydroxylation is 1. The van der Waals surface area contributed by atoms with Crippen molar-refractivity contribution in [2.24, 2.45) is 0 Å². The number of hydrogen-bond acceptors (Lipinski definition) is 5. The molecular formula is C18H19N3O4. The number of nitrogens with zero attached hydrogens (tertiary/aromatic N) is 1. The molecule has 0 aliphatic heterocycles. The molecule has 2 aromatic carbocycles. The molecule has 0 fully saturated rings. The number of nitrogens with one attached hydrogen (secondary N) is 2. The number of urea groups is 1. The highest BCUT2D eigenvalue weighted by Gasteiger charge is 2.11. The van der Waals surface area contributed by atoms with Crippen LogP contribution in [-0.2, 0) is 4.74 Å². The van der Waals surface area contributed by atoms with E-state index in [4.69, 9.17) is 14.7 Å². The van der Waals surface area contributed by atoms with Crippen LogP contribution in [0.1, 0.15) is 11.1 Å².